The van der Waals surface area contributed by atoms with Crippen molar-refractivity contribution in [1.82, 2.24) is 5.32 Å². The Labute approximate surface area is 169 Å². The van der Waals surface area contributed by atoms with Gasteiger partial charge in [0.05, 0.1) is 5.41 Å². The average Bonchev–Trinajstić information content (AvgIpc) is 2.75. The van der Waals surface area contributed by atoms with Crippen LogP contribution in [0.5, 0.6) is 0 Å². The van der Waals surface area contributed by atoms with Gasteiger partial charge in [0, 0.05) is 6.42 Å². The summed E-state index contributed by atoms with van der Waals surface area (Å²) in [6.45, 7) is 1.78. The molecule has 3 aromatic rings. The fourth-order valence-corrected chi connectivity index (χ4v) is 3.33. The summed E-state index contributed by atoms with van der Waals surface area (Å²) in [7, 11) is 0. The van der Waals surface area contributed by atoms with Gasteiger partial charge < -0.3 is 10.4 Å². The second kappa shape index (κ2) is 8.69. The maximum atomic E-state index is 13.4. The molecule has 1 atom stereocenters. The maximum absolute atomic E-state index is 13.4. The fourth-order valence-electron chi connectivity index (χ4n) is 3.33. The number of carboxylic acids is 1. The Bertz CT molecular complexity index is 933. The quantitative estimate of drug-likeness (QED) is 0.641. The lowest BCUT2D eigenvalue weighted by Crippen LogP contribution is -2.50. The third kappa shape index (κ3) is 4.51. The van der Waals surface area contributed by atoms with Crippen molar-refractivity contribution in [3.8, 4) is 0 Å². The van der Waals surface area contributed by atoms with Crippen molar-refractivity contribution < 1.29 is 19.1 Å². The second-order valence-electron chi connectivity index (χ2n) is 7.05. The molecule has 0 heterocycles. The van der Waals surface area contributed by atoms with Crippen molar-refractivity contribution in [3.63, 3.8) is 0 Å². The number of carbonyl (C=O) groups is 2. The Morgan fingerprint density at radius 3 is 1.83 bits per heavy atom. The van der Waals surface area contributed by atoms with Gasteiger partial charge in [0.2, 0.25) is 5.91 Å². The Hall–Kier alpha value is -3.47. The lowest BCUT2D eigenvalue weighted by molar-refractivity contribution is -0.142. The number of carboxylic acid groups (broad SMARTS) is 1. The van der Waals surface area contributed by atoms with E-state index >= 15 is 0 Å². The average molecular weight is 391 g/mol. The molecule has 4 nitrogen and oxygen atoms in total. The molecule has 0 unspecified atom stereocenters. The van der Waals surface area contributed by atoms with E-state index in [2.05, 4.69) is 5.32 Å². The van der Waals surface area contributed by atoms with Crippen LogP contribution < -0.4 is 5.32 Å². The molecule has 0 aliphatic rings. The van der Waals surface area contributed by atoms with E-state index in [1.165, 1.54) is 24.3 Å². The molecule has 3 aromatic carbocycles. The highest BCUT2D eigenvalue weighted by atomic mass is 19.1. The molecule has 2 N–H and O–H groups in total. The van der Waals surface area contributed by atoms with Gasteiger partial charge in [-0.15, -0.1) is 0 Å². The summed E-state index contributed by atoms with van der Waals surface area (Å²) in [6.07, 6.45) is 0.0566. The van der Waals surface area contributed by atoms with Gasteiger partial charge >= 0.3 is 5.97 Å². The first-order valence-corrected chi connectivity index (χ1v) is 9.30. The summed E-state index contributed by atoms with van der Waals surface area (Å²) in [6, 6.07) is 22.9. The number of benzene rings is 3. The van der Waals surface area contributed by atoms with E-state index in [1.807, 2.05) is 60.7 Å². The molecule has 0 spiro atoms. The first-order valence-electron chi connectivity index (χ1n) is 9.30. The standard InChI is InChI=1S/C24H22FNO3/c1-24(18-8-4-2-5-9-18,19-10-6-3-7-11-19)23(29)26-21(22(27)28)16-17-12-14-20(25)15-13-17/h2-15,21H,16H2,1H3,(H,26,29)(H,27,28)/t21-/m0/s1. The van der Waals surface area contributed by atoms with E-state index in [0.717, 1.165) is 11.1 Å². The third-order valence-electron chi connectivity index (χ3n) is 5.11. The molecule has 0 fully saturated rings. The Morgan fingerprint density at radius 2 is 1.38 bits per heavy atom. The Kier molecular flexibility index (Phi) is 6.07. The second-order valence-corrected chi connectivity index (χ2v) is 7.05. The van der Waals surface area contributed by atoms with Crippen molar-refractivity contribution in [2.45, 2.75) is 24.8 Å². The number of amides is 1. The van der Waals surface area contributed by atoms with E-state index in [0.29, 0.717) is 5.56 Å². The molecule has 1 amide bonds. The monoisotopic (exact) mass is 391 g/mol. The Balaban J connectivity index is 1.92. The van der Waals surface area contributed by atoms with Crippen molar-refractivity contribution in [2.75, 3.05) is 0 Å². The molecule has 148 valence electrons. The summed E-state index contributed by atoms with van der Waals surface area (Å²) < 4.78 is 13.1. The molecule has 0 radical (unpaired) electrons. The SMILES string of the molecule is CC(C(=O)N[C@@H](Cc1ccc(F)cc1)C(=O)O)(c1ccccc1)c1ccccc1. The molecule has 5 heteroatoms. The zero-order chi connectivity index (χ0) is 20.9. The van der Waals surface area contributed by atoms with Gasteiger partial charge in [0.1, 0.15) is 11.9 Å². The topological polar surface area (TPSA) is 66.4 Å². The number of aliphatic carboxylic acids is 1. The van der Waals surface area contributed by atoms with Crippen LogP contribution in [0.25, 0.3) is 0 Å². The largest absolute Gasteiger partial charge is 0.480 e. The van der Waals surface area contributed by atoms with Crippen LogP contribution in [0.1, 0.15) is 23.6 Å². The van der Waals surface area contributed by atoms with Crippen LogP contribution in [0.15, 0.2) is 84.9 Å². The molecular weight excluding hydrogens is 369 g/mol. The smallest absolute Gasteiger partial charge is 0.326 e. The summed E-state index contributed by atoms with van der Waals surface area (Å²) in [5.41, 5.74) is 1.07. The molecular formula is C24H22FNO3. The first kappa shape index (κ1) is 20.3. The van der Waals surface area contributed by atoms with Crippen LogP contribution in [0, 0.1) is 5.82 Å². The van der Waals surface area contributed by atoms with Crippen molar-refractivity contribution >= 4 is 11.9 Å². The summed E-state index contributed by atoms with van der Waals surface area (Å²) >= 11 is 0. The molecule has 0 bridgehead atoms. The number of carbonyl (C=O) groups excluding carboxylic acids is 1. The molecule has 0 aliphatic heterocycles. The van der Waals surface area contributed by atoms with Gasteiger partial charge in [-0.1, -0.05) is 72.8 Å². The summed E-state index contributed by atoms with van der Waals surface area (Å²) in [4.78, 5) is 25.2. The van der Waals surface area contributed by atoms with E-state index < -0.39 is 29.2 Å². The number of halogens is 1. The highest BCUT2D eigenvalue weighted by molar-refractivity contribution is 5.94. The van der Waals surface area contributed by atoms with Gasteiger partial charge in [-0.2, -0.15) is 0 Å². The highest BCUT2D eigenvalue weighted by Gasteiger charge is 2.38. The predicted octanol–water partition coefficient (Wildman–Crippen LogP) is 3.94. The van der Waals surface area contributed by atoms with Crippen molar-refractivity contribution in [2.24, 2.45) is 0 Å². The van der Waals surface area contributed by atoms with E-state index in [-0.39, 0.29) is 6.42 Å². The first-order chi connectivity index (χ1) is 13.9. The van der Waals surface area contributed by atoms with Gasteiger partial charge in [0.25, 0.3) is 0 Å². The van der Waals surface area contributed by atoms with Crippen LogP contribution in [0.3, 0.4) is 0 Å². The van der Waals surface area contributed by atoms with Gasteiger partial charge in [-0.3, -0.25) is 4.79 Å². The number of nitrogens with one attached hydrogen (secondary N) is 1. The molecule has 29 heavy (non-hydrogen) atoms. The minimum absolute atomic E-state index is 0.0566. The molecule has 0 aliphatic carbocycles. The van der Waals surface area contributed by atoms with Gasteiger partial charge in [0.15, 0.2) is 0 Å². The van der Waals surface area contributed by atoms with Crippen LogP contribution in [0.4, 0.5) is 4.39 Å². The normalized spacial score (nSPS) is 12.2. The Morgan fingerprint density at radius 1 is 0.897 bits per heavy atom. The number of hydrogen-bond donors (Lipinski definition) is 2. The highest BCUT2D eigenvalue weighted by Crippen LogP contribution is 2.32. The van der Waals surface area contributed by atoms with E-state index in [1.54, 1.807) is 6.92 Å². The van der Waals surface area contributed by atoms with Crippen LogP contribution in [-0.2, 0) is 21.4 Å². The van der Waals surface area contributed by atoms with Gasteiger partial charge in [-0.25, -0.2) is 9.18 Å². The fraction of sp³-hybridized carbons (Fsp3) is 0.167. The van der Waals surface area contributed by atoms with E-state index in [9.17, 15) is 19.1 Å². The molecule has 0 saturated heterocycles. The zero-order valence-corrected chi connectivity index (χ0v) is 16.0. The van der Waals surface area contributed by atoms with Crippen molar-refractivity contribution in [1.29, 1.82) is 0 Å². The van der Waals surface area contributed by atoms with Crippen molar-refractivity contribution in [3.05, 3.63) is 107 Å². The molecule has 0 saturated carbocycles. The van der Waals surface area contributed by atoms with E-state index in [4.69, 9.17) is 0 Å². The predicted molar refractivity (Wildman–Crippen MR) is 109 cm³/mol. The lowest BCUT2D eigenvalue weighted by atomic mass is 9.75. The third-order valence-corrected chi connectivity index (χ3v) is 5.11. The summed E-state index contributed by atoms with van der Waals surface area (Å²) in [5.74, 6) is -1.96. The minimum atomic E-state index is -1.15. The molecule has 0 aromatic heterocycles. The zero-order valence-electron chi connectivity index (χ0n) is 16.0. The van der Waals surface area contributed by atoms with Crippen LogP contribution >= 0.6 is 0 Å². The minimum Gasteiger partial charge on any atom is -0.480 e. The van der Waals surface area contributed by atoms with Crippen LogP contribution in [0.2, 0.25) is 0 Å². The molecule has 3 rings (SSSR count). The lowest BCUT2D eigenvalue weighted by Gasteiger charge is -2.31. The number of rotatable bonds is 7. The van der Waals surface area contributed by atoms with Crippen LogP contribution in [-0.4, -0.2) is 23.0 Å². The summed E-state index contributed by atoms with van der Waals surface area (Å²) in [5, 5.41) is 12.3. The number of hydrogen-bond acceptors (Lipinski definition) is 2. The van der Waals surface area contributed by atoms with Gasteiger partial charge in [-0.05, 0) is 35.7 Å². The maximum Gasteiger partial charge on any atom is 0.326 e.